The van der Waals surface area contributed by atoms with E-state index < -0.39 is 30.0 Å². The van der Waals surface area contributed by atoms with Crippen LogP contribution < -0.4 is 5.32 Å². The largest absolute Gasteiger partial charge is 0.411 e. The maximum Gasteiger partial charge on any atom is 0.411 e. The number of fused-ring (bicyclic) bond motifs is 1. The Morgan fingerprint density at radius 3 is 2.69 bits per heavy atom. The third-order valence-corrected chi connectivity index (χ3v) is 6.32. The third-order valence-electron chi connectivity index (χ3n) is 6.01. The van der Waals surface area contributed by atoms with Crippen LogP contribution in [0.1, 0.15) is 24.3 Å². The number of nitrogens with one attached hydrogen (secondary N) is 1. The molecule has 7 nitrogen and oxygen atoms in total. The van der Waals surface area contributed by atoms with E-state index in [4.69, 9.17) is 16.3 Å². The van der Waals surface area contributed by atoms with Crippen molar-refractivity contribution in [2.75, 3.05) is 26.3 Å². The Morgan fingerprint density at radius 2 is 2.00 bits per heavy atom. The van der Waals surface area contributed by atoms with Crippen LogP contribution >= 0.6 is 11.6 Å². The van der Waals surface area contributed by atoms with Gasteiger partial charge in [-0.1, -0.05) is 17.7 Å². The smallest absolute Gasteiger partial charge is 0.370 e. The molecule has 3 heterocycles. The summed E-state index contributed by atoms with van der Waals surface area (Å²) in [5, 5.41) is 3.23. The minimum absolute atomic E-state index is 0.00487. The van der Waals surface area contributed by atoms with Gasteiger partial charge in [0.15, 0.2) is 0 Å². The molecular weight excluding hydrogens is 504 g/mol. The summed E-state index contributed by atoms with van der Waals surface area (Å²) in [4.78, 5) is 31.5. The van der Waals surface area contributed by atoms with E-state index in [2.05, 4.69) is 10.3 Å². The molecule has 192 valence electrons. The van der Waals surface area contributed by atoms with Gasteiger partial charge in [-0.15, -0.1) is 0 Å². The lowest BCUT2D eigenvalue weighted by molar-refractivity contribution is -0.174. The number of carbonyl (C=O) groups is 2. The molecule has 4 rings (SSSR count). The number of aromatic nitrogens is 2. The van der Waals surface area contributed by atoms with E-state index in [-0.39, 0.29) is 29.8 Å². The van der Waals surface area contributed by atoms with Crippen molar-refractivity contribution >= 4 is 34.4 Å². The summed E-state index contributed by atoms with van der Waals surface area (Å²) < 4.78 is 57.9. The number of piperazine rings is 1. The fraction of sp³-hybridized carbons (Fsp3) is 0.375. The number of carbonyl (C=O) groups excluding carboxylic acids is 2. The summed E-state index contributed by atoms with van der Waals surface area (Å²) in [7, 11) is 0. The molecular formula is C24H23ClF4N4O3. The zero-order valence-electron chi connectivity index (χ0n) is 19.5. The number of rotatable bonds is 6. The van der Waals surface area contributed by atoms with Crippen molar-refractivity contribution in [1.82, 2.24) is 19.8 Å². The molecule has 0 atom stereocenters. The molecule has 1 aliphatic heterocycles. The minimum atomic E-state index is -4.46. The van der Waals surface area contributed by atoms with Crippen LogP contribution in [0.2, 0.25) is 5.02 Å². The Labute approximate surface area is 209 Å². The second kappa shape index (κ2) is 9.70. The highest BCUT2D eigenvalue weighted by atomic mass is 35.5. The average Bonchev–Trinajstić information content (AvgIpc) is 3.17. The Bertz CT molecular complexity index is 1320. The lowest BCUT2D eigenvalue weighted by Gasteiger charge is -2.40. The predicted molar refractivity (Wildman–Crippen MR) is 125 cm³/mol. The number of hydrogen-bond donors (Lipinski definition) is 1. The van der Waals surface area contributed by atoms with E-state index in [1.54, 1.807) is 36.7 Å². The molecule has 0 unspecified atom stereocenters. The summed E-state index contributed by atoms with van der Waals surface area (Å²) >= 11 is 5.80. The molecule has 0 aliphatic carbocycles. The molecule has 0 bridgehead atoms. The fourth-order valence-electron chi connectivity index (χ4n) is 4.09. The molecule has 0 saturated carbocycles. The van der Waals surface area contributed by atoms with Gasteiger partial charge in [-0.25, -0.2) is 9.37 Å². The highest BCUT2D eigenvalue weighted by molar-refractivity contribution is 6.30. The molecule has 1 N–H and O–H groups in total. The van der Waals surface area contributed by atoms with Crippen LogP contribution in [0.5, 0.6) is 0 Å². The van der Waals surface area contributed by atoms with Gasteiger partial charge in [-0.3, -0.25) is 9.59 Å². The van der Waals surface area contributed by atoms with Crippen LogP contribution in [0.4, 0.5) is 17.6 Å². The first-order valence-electron chi connectivity index (χ1n) is 11.1. The van der Waals surface area contributed by atoms with Crippen LogP contribution in [0.15, 0.2) is 36.5 Å². The SMILES string of the molecule is CC1(C)C(=O)NCCN1C(=O)c1ccc2c(-c3ccc(Cl)c(F)c3)cn(CCOCC(F)(F)F)c2n1. The van der Waals surface area contributed by atoms with E-state index >= 15 is 0 Å². The number of amides is 2. The highest BCUT2D eigenvalue weighted by Gasteiger charge is 2.41. The predicted octanol–water partition coefficient (Wildman–Crippen LogP) is 4.43. The van der Waals surface area contributed by atoms with E-state index in [9.17, 15) is 27.2 Å². The first-order valence-corrected chi connectivity index (χ1v) is 11.5. The van der Waals surface area contributed by atoms with Gasteiger partial charge >= 0.3 is 6.18 Å². The normalized spacial score (nSPS) is 15.9. The molecule has 1 aromatic carbocycles. The van der Waals surface area contributed by atoms with Gasteiger partial charge < -0.3 is 19.5 Å². The Balaban J connectivity index is 1.73. The average molecular weight is 527 g/mol. The lowest BCUT2D eigenvalue weighted by atomic mass is 9.98. The number of benzene rings is 1. The van der Waals surface area contributed by atoms with E-state index in [1.807, 2.05) is 0 Å². The molecule has 0 spiro atoms. The first-order chi connectivity index (χ1) is 16.9. The van der Waals surface area contributed by atoms with Gasteiger partial charge in [0.1, 0.15) is 29.3 Å². The van der Waals surface area contributed by atoms with Gasteiger partial charge in [0.2, 0.25) is 5.91 Å². The lowest BCUT2D eigenvalue weighted by Crippen LogP contribution is -2.63. The molecule has 2 aromatic heterocycles. The maximum atomic E-state index is 14.1. The van der Waals surface area contributed by atoms with Crippen LogP contribution in [0.3, 0.4) is 0 Å². The van der Waals surface area contributed by atoms with Crippen molar-refractivity contribution in [1.29, 1.82) is 0 Å². The van der Waals surface area contributed by atoms with Crippen molar-refractivity contribution in [2.24, 2.45) is 0 Å². The maximum absolute atomic E-state index is 14.1. The van der Waals surface area contributed by atoms with Gasteiger partial charge in [0.25, 0.3) is 5.91 Å². The topological polar surface area (TPSA) is 76.5 Å². The number of halogens is 5. The monoisotopic (exact) mass is 526 g/mol. The van der Waals surface area contributed by atoms with E-state index in [1.165, 1.54) is 23.1 Å². The molecule has 12 heteroatoms. The number of ether oxygens (including phenoxy) is 1. The summed E-state index contributed by atoms with van der Waals surface area (Å²) in [6, 6.07) is 7.40. The number of nitrogens with zero attached hydrogens (tertiary/aromatic N) is 3. The van der Waals surface area contributed by atoms with Crippen LogP contribution in [-0.2, 0) is 16.1 Å². The van der Waals surface area contributed by atoms with Crippen molar-refractivity contribution in [2.45, 2.75) is 32.1 Å². The molecule has 1 aliphatic rings. The Morgan fingerprint density at radius 1 is 1.25 bits per heavy atom. The first kappa shape index (κ1) is 25.9. The quantitative estimate of drug-likeness (QED) is 0.381. The van der Waals surface area contributed by atoms with Crippen molar-refractivity contribution in [3.63, 3.8) is 0 Å². The van der Waals surface area contributed by atoms with Crippen molar-refractivity contribution in [3.05, 3.63) is 53.1 Å². The molecule has 3 aromatic rings. The van der Waals surface area contributed by atoms with E-state index in [0.717, 1.165) is 0 Å². The fourth-order valence-corrected chi connectivity index (χ4v) is 4.21. The standard InChI is InChI=1S/C24H23ClF4N4O3/c1-23(2)22(35)30-7-8-33(23)21(34)19-6-4-15-16(14-3-5-17(25)18(26)11-14)12-32(20(15)31-19)9-10-36-13-24(27,28)29/h3-6,11-12H,7-10,13H2,1-2H3,(H,30,35). The van der Waals surface area contributed by atoms with Gasteiger partial charge in [0, 0.05) is 36.8 Å². The summed E-state index contributed by atoms with van der Waals surface area (Å²) in [6.07, 6.45) is -2.85. The van der Waals surface area contributed by atoms with Gasteiger partial charge in [0.05, 0.1) is 11.6 Å². The van der Waals surface area contributed by atoms with Crippen molar-refractivity contribution < 1.29 is 31.9 Å². The van der Waals surface area contributed by atoms with E-state index in [0.29, 0.717) is 35.2 Å². The Hall–Kier alpha value is -3.18. The number of hydrogen-bond acceptors (Lipinski definition) is 4. The van der Waals surface area contributed by atoms with Crippen molar-refractivity contribution in [3.8, 4) is 11.1 Å². The van der Waals surface area contributed by atoms with Gasteiger partial charge in [-0.05, 0) is 43.7 Å². The second-order valence-corrected chi connectivity index (χ2v) is 9.28. The number of alkyl halides is 3. The molecule has 2 amide bonds. The van der Waals surface area contributed by atoms with Gasteiger partial charge in [-0.2, -0.15) is 13.2 Å². The zero-order valence-corrected chi connectivity index (χ0v) is 20.2. The van der Waals surface area contributed by atoms with Crippen LogP contribution in [0.25, 0.3) is 22.2 Å². The molecule has 1 saturated heterocycles. The third kappa shape index (κ3) is 5.17. The summed E-state index contributed by atoms with van der Waals surface area (Å²) in [5.74, 6) is -1.38. The van der Waals surface area contributed by atoms with Crippen LogP contribution in [0, 0.1) is 5.82 Å². The molecule has 0 radical (unpaired) electrons. The Kier molecular flexibility index (Phi) is 6.98. The van der Waals surface area contributed by atoms with Crippen LogP contribution in [-0.4, -0.2) is 64.3 Å². The highest BCUT2D eigenvalue weighted by Crippen LogP contribution is 2.32. The zero-order chi connectivity index (χ0) is 26.3. The summed E-state index contributed by atoms with van der Waals surface area (Å²) in [6.45, 7) is 2.19. The molecule has 1 fully saturated rings. The molecule has 36 heavy (non-hydrogen) atoms. The second-order valence-electron chi connectivity index (χ2n) is 8.87. The summed E-state index contributed by atoms with van der Waals surface area (Å²) in [5.41, 5.74) is 0.314. The minimum Gasteiger partial charge on any atom is -0.370 e. The number of pyridine rings is 1.